The minimum Gasteiger partial charge on any atom is -0.497 e. The number of halogens is 4. The molecule has 1 atom stereocenters. The molecule has 1 aromatic heterocycles. The standard InChI is InChI=1S/C23H22ClF3N2O4S2/c1-29-9-8-17(13-29)33-20-11-15(6-7-19(20)23(25,26)27)28-35(30,31)21-12-18(22(24)34-21)14-4-3-5-16(10-14)32-2/h3-7,10-12,17,28H,8-9,13H2,1-2H3. The lowest BCUT2D eigenvalue weighted by atomic mass is 10.1. The number of nitrogens with one attached hydrogen (secondary N) is 1. The first-order chi connectivity index (χ1) is 16.5. The molecule has 1 aliphatic rings. The van der Waals surface area contributed by atoms with Gasteiger partial charge in [0.15, 0.2) is 0 Å². The van der Waals surface area contributed by atoms with Crippen molar-refractivity contribution < 1.29 is 31.1 Å². The number of ether oxygens (including phenoxy) is 2. The highest BCUT2D eigenvalue weighted by molar-refractivity contribution is 7.94. The number of sulfonamides is 1. The van der Waals surface area contributed by atoms with Crippen molar-refractivity contribution in [3.05, 3.63) is 58.4 Å². The zero-order valence-electron chi connectivity index (χ0n) is 18.7. The Morgan fingerprint density at radius 3 is 2.60 bits per heavy atom. The summed E-state index contributed by atoms with van der Waals surface area (Å²) in [4.78, 5) is 1.95. The molecular weight excluding hydrogens is 525 g/mol. The van der Waals surface area contributed by atoms with Crippen LogP contribution in [-0.2, 0) is 16.2 Å². The number of hydrogen-bond donors (Lipinski definition) is 1. The number of hydrogen-bond acceptors (Lipinski definition) is 6. The first-order valence-electron chi connectivity index (χ1n) is 10.5. The number of likely N-dealkylation sites (tertiary alicyclic amines) is 1. The van der Waals surface area contributed by atoms with Gasteiger partial charge >= 0.3 is 6.18 Å². The van der Waals surface area contributed by atoms with E-state index in [1.165, 1.54) is 13.2 Å². The van der Waals surface area contributed by atoms with Gasteiger partial charge in [-0.1, -0.05) is 23.7 Å². The summed E-state index contributed by atoms with van der Waals surface area (Å²) in [5.41, 5.74) is 0.151. The summed E-state index contributed by atoms with van der Waals surface area (Å²) in [6.07, 6.45) is -4.50. The third-order valence-electron chi connectivity index (χ3n) is 5.49. The summed E-state index contributed by atoms with van der Waals surface area (Å²) in [7, 11) is -0.765. The molecule has 3 aromatic rings. The second-order valence-electron chi connectivity index (χ2n) is 8.09. The van der Waals surface area contributed by atoms with Crippen LogP contribution in [0.5, 0.6) is 11.5 Å². The molecule has 12 heteroatoms. The Labute approximate surface area is 210 Å². The Kier molecular flexibility index (Phi) is 7.23. The summed E-state index contributed by atoms with van der Waals surface area (Å²) < 4.78 is 80.1. The summed E-state index contributed by atoms with van der Waals surface area (Å²) in [5, 5.41) is 0. The van der Waals surface area contributed by atoms with Crippen LogP contribution in [-0.4, -0.2) is 46.7 Å². The third kappa shape index (κ3) is 5.85. The molecule has 1 N–H and O–H groups in total. The van der Waals surface area contributed by atoms with Gasteiger partial charge in [0.1, 0.15) is 26.1 Å². The van der Waals surface area contributed by atoms with E-state index in [9.17, 15) is 21.6 Å². The maximum Gasteiger partial charge on any atom is 0.419 e. The van der Waals surface area contributed by atoms with Crippen LogP contribution >= 0.6 is 22.9 Å². The predicted molar refractivity (Wildman–Crippen MR) is 130 cm³/mol. The molecule has 1 unspecified atom stereocenters. The van der Waals surface area contributed by atoms with Crippen molar-refractivity contribution in [2.45, 2.75) is 22.9 Å². The molecule has 1 aliphatic heterocycles. The fourth-order valence-electron chi connectivity index (χ4n) is 3.76. The van der Waals surface area contributed by atoms with Crippen LogP contribution in [0, 0.1) is 0 Å². The van der Waals surface area contributed by atoms with Gasteiger partial charge in [0.25, 0.3) is 10.0 Å². The summed E-state index contributed by atoms with van der Waals surface area (Å²) in [6, 6.07) is 11.3. The van der Waals surface area contributed by atoms with Gasteiger partial charge in [0.05, 0.1) is 18.4 Å². The second kappa shape index (κ2) is 9.88. The highest BCUT2D eigenvalue weighted by Crippen LogP contribution is 2.41. The highest BCUT2D eigenvalue weighted by atomic mass is 35.5. The molecule has 35 heavy (non-hydrogen) atoms. The molecule has 0 amide bonds. The molecule has 2 heterocycles. The van der Waals surface area contributed by atoms with Crippen molar-refractivity contribution in [3.8, 4) is 22.6 Å². The Morgan fingerprint density at radius 1 is 1.17 bits per heavy atom. The molecule has 0 aliphatic carbocycles. The van der Waals surface area contributed by atoms with E-state index in [2.05, 4.69) is 4.72 Å². The molecule has 188 valence electrons. The predicted octanol–water partition coefficient (Wildman–Crippen LogP) is 5.98. The van der Waals surface area contributed by atoms with Crippen LogP contribution in [0.4, 0.5) is 18.9 Å². The Bertz CT molecular complexity index is 1330. The largest absolute Gasteiger partial charge is 0.497 e. The number of rotatable bonds is 7. The maximum absolute atomic E-state index is 13.5. The Hall–Kier alpha value is -2.47. The van der Waals surface area contributed by atoms with Crippen LogP contribution < -0.4 is 14.2 Å². The average molecular weight is 547 g/mol. The first-order valence-corrected chi connectivity index (χ1v) is 13.2. The van der Waals surface area contributed by atoms with E-state index in [1.807, 2.05) is 11.9 Å². The fraction of sp³-hybridized carbons (Fsp3) is 0.304. The minimum atomic E-state index is -4.65. The number of likely N-dealkylation sites (N-methyl/N-ethyl adjacent to an activating group) is 1. The lowest BCUT2D eigenvalue weighted by molar-refractivity contribution is -0.139. The van der Waals surface area contributed by atoms with Gasteiger partial charge in [-0.3, -0.25) is 4.72 Å². The van der Waals surface area contributed by atoms with Crippen molar-refractivity contribution in [2.75, 3.05) is 32.0 Å². The third-order valence-corrected chi connectivity index (χ3v) is 8.70. The fourth-order valence-corrected chi connectivity index (χ4v) is 6.58. The summed E-state index contributed by atoms with van der Waals surface area (Å²) in [5.74, 6) is 0.164. The second-order valence-corrected chi connectivity index (χ2v) is 11.7. The van der Waals surface area contributed by atoms with Gasteiger partial charge < -0.3 is 14.4 Å². The van der Waals surface area contributed by atoms with Crippen molar-refractivity contribution in [1.82, 2.24) is 4.90 Å². The van der Waals surface area contributed by atoms with E-state index in [0.29, 0.717) is 36.4 Å². The van der Waals surface area contributed by atoms with Crippen LogP contribution in [0.3, 0.4) is 0 Å². The van der Waals surface area contributed by atoms with E-state index < -0.39 is 33.6 Å². The Balaban J connectivity index is 1.62. The Morgan fingerprint density at radius 2 is 1.94 bits per heavy atom. The molecule has 0 saturated carbocycles. The van der Waals surface area contributed by atoms with Gasteiger partial charge in [-0.15, -0.1) is 11.3 Å². The van der Waals surface area contributed by atoms with E-state index in [1.54, 1.807) is 24.3 Å². The summed E-state index contributed by atoms with van der Waals surface area (Å²) in [6.45, 7) is 1.18. The van der Waals surface area contributed by atoms with Crippen molar-refractivity contribution in [1.29, 1.82) is 0 Å². The van der Waals surface area contributed by atoms with Gasteiger partial charge in [-0.2, -0.15) is 13.2 Å². The van der Waals surface area contributed by atoms with Gasteiger partial charge in [-0.25, -0.2) is 8.42 Å². The maximum atomic E-state index is 13.5. The zero-order chi connectivity index (χ0) is 25.4. The first kappa shape index (κ1) is 25.6. The molecule has 0 bridgehead atoms. The summed E-state index contributed by atoms with van der Waals surface area (Å²) >= 11 is 7.17. The molecule has 2 aromatic carbocycles. The van der Waals surface area contributed by atoms with Crippen molar-refractivity contribution >= 4 is 38.6 Å². The minimum absolute atomic E-state index is 0.0493. The molecule has 4 rings (SSSR count). The van der Waals surface area contributed by atoms with Gasteiger partial charge in [-0.05, 0) is 49.4 Å². The topological polar surface area (TPSA) is 67.9 Å². The van der Waals surface area contributed by atoms with Crippen molar-refractivity contribution in [3.63, 3.8) is 0 Å². The number of benzene rings is 2. The van der Waals surface area contributed by atoms with E-state index in [-0.39, 0.29) is 14.2 Å². The normalized spacial score (nSPS) is 16.9. The number of thiophene rings is 1. The average Bonchev–Trinajstić information content (AvgIpc) is 3.38. The smallest absolute Gasteiger partial charge is 0.419 e. The van der Waals surface area contributed by atoms with E-state index in [0.717, 1.165) is 29.5 Å². The van der Waals surface area contributed by atoms with E-state index in [4.69, 9.17) is 21.1 Å². The number of methoxy groups -OCH3 is 1. The quantitative estimate of drug-likeness (QED) is 0.395. The lowest BCUT2D eigenvalue weighted by Gasteiger charge is -2.19. The van der Waals surface area contributed by atoms with Gasteiger partial charge in [0, 0.05) is 24.7 Å². The molecule has 1 fully saturated rings. The van der Waals surface area contributed by atoms with E-state index >= 15 is 0 Å². The zero-order valence-corrected chi connectivity index (χ0v) is 21.1. The molecule has 0 spiro atoms. The number of alkyl halides is 3. The van der Waals surface area contributed by atoms with Gasteiger partial charge in [0.2, 0.25) is 0 Å². The highest BCUT2D eigenvalue weighted by Gasteiger charge is 2.36. The molecule has 1 saturated heterocycles. The van der Waals surface area contributed by atoms with Crippen LogP contribution in [0.25, 0.3) is 11.1 Å². The SMILES string of the molecule is COc1cccc(-c2cc(S(=O)(=O)Nc3ccc(C(F)(F)F)c(OC4CCN(C)C4)c3)sc2Cl)c1. The molecule has 6 nitrogen and oxygen atoms in total. The lowest BCUT2D eigenvalue weighted by Crippen LogP contribution is -2.23. The molecular formula is C23H22ClF3N2O4S2. The van der Waals surface area contributed by atoms with Crippen molar-refractivity contribution in [2.24, 2.45) is 0 Å². The number of anilines is 1. The van der Waals surface area contributed by atoms with Crippen LogP contribution in [0.15, 0.2) is 52.7 Å². The number of nitrogens with zero attached hydrogens (tertiary/aromatic N) is 1. The van der Waals surface area contributed by atoms with Crippen LogP contribution in [0.2, 0.25) is 4.34 Å². The monoisotopic (exact) mass is 546 g/mol. The van der Waals surface area contributed by atoms with Crippen LogP contribution in [0.1, 0.15) is 12.0 Å². The molecule has 0 radical (unpaired) electrons.